The van der Waals surface area contributed by atoms with Crippen LogP contribution in [0.25, 0.3) is 0 Å². The molecule has 0 unspecified atom stereocenters. The third kappa shape index (κ3) is 0.722. The topological polar surface area (TPSA) is 29.3 Å². The Bertz CT molecular complexity index is 147. The summed E-state index contributed by atoms with van der Waals surface area (Å²) in [5.74, 6) is 0. The zero-order chi connectivity index (χ0) is 7.35. The maximum absolute atomic E-state index is 6.03. The highest BCUT2D eigenvalue weighted by molar-refractivity contribution is 5.12. The monoisotopic (exact) mass is 140 g/mol. The fourth-order valence-corrected chi connectivity index (χ4v) is 2.34. The van der Waals surface area contributed by atoms with E-state index in [1.165, 1.54) is 12.8 Å². The molecule has 1 aliphatic carbocycles. The number of hydrogen-bond acceptors (Lipinski definition) is 2. The summed E-state index contributed by atoms with van der Waals surface area (Å²) in [6, 6.07) is 1.52. The van der Waals surface area contributed by atoms with Gasteiger partial charge in [-0.25, -0.2) is 0 Å². The van der Waals surface area contributed by atoms with E-state index < -0.39 is 0 Å². The van der Waals surface area contributed by atoms with Gasteiger partial charge in [0.25, 0.3) is 0 Å². The van der Waals surface area contributed by atoms with E-state index >= 15 is 0 Å². The SMILES string of the molecule is CC(C)N1CC2(N)CC1C2. The van der Waals surface area contributed by atoms with Gasteiger partial charge in [-0.3, -0.25) is 4.90 Å². The van der Waals surface area contributed by atoms with E-state index in [-0.39, 0.29) is 5.54 Å². The van der Waals surface area contributed by atoms with Crippen LogP contribution in [0.15, 0.2) is 0 Å². The molecule has 3 aliphatic rings. The summed E-state index contributed by atoms with van der Waals surface area (Å²) >= 11 is 0. The summed E-state index contributed by atoms with van der Waals surface area (Å²) < 4.78 is 0. The molecule has 0 aromatic rings. The van der Waals surface area contributed by atoms with Gasteiger partial charge in [0.2, 0.25) is 0 Å². The molecule has 2 saturated heterocycles. The van der Waals surface area contributed by atoms with Gasteiger partial charge in [0.1, 0.15) is 0 Å². The first kappa shape index (κ1) is 6.62. The Morgan fingerprint density at radius 3 is 2.30 bits per heavy atom. The van der Waals surface area contributed by atoms with Gasteiger partial charge in [-0.15, -0.1) is 0 Å². The van der Waals surface area contributed by atoms with Crippen LogP contribution in [-0.2, 0) is 0 Å². The first-order valence-corrected chi connectivity index (χ1v) is 4.15. The minimum Gasteiger partial charge on any atom is -0.324 e. The fraction of sp³-hybridized carbons (Fsp3) is 1.00. The normalized spacial score (nSPS) is 46.2. The molecule has 2 N–H and O–H groups in total. The predicted octanol–water partition coefficient (Wildman–Crippen LogP) is 0.570. The van der Waals surface area contributed by atoms with Crippen LogP contribution in [0.2, 0.25) is 0 Å². The number of fused-ring (bicyclic) bond motifs is 1. The van der Waals surface area contributed by atoms with Crippen LogP contribution in [-0.4, -0.2) is 29.1 Å². The van der Waals surface area contributed by atoms with E-state index in [9.17, 15) is 0 Å². The lowest BCUT2D eigenvalue weighted by molar-refractivity contribution is 0.199. The maximum Gasteiger partial charge on any atom is 0.0313 e. The molecule has 0 radical (unpaired) electrons. The third-order valence-electron chi connectivity index (χ3n) is 2.91. The summed E-state index contributed by atoms with van der Waals surface area (Å²) in [4.78, 5) is 2.53. The van der Waals surface area contributed by atoms with Gasteiger partial charge in [-0.05, 0) is 26.7 Å². The second-order valence-electron chi connectivity index (χ2n) is 4.19. The van der Waals surface area contributed by atoms with E-state index in [0.717, 1.165) is 12.6 Å². The smallest absolute Gasteiger partial charge is 0.0313 e. The summed E-state index contributed by atoms with van der Waals surface area (Å²) in [5.41, 5.74) is 6.25. The second-order valence-corrected chi connectivity index (χ2v) is 4.19. The summed E-state index contributed by atoms with van der Waals surface area (Å²) in [7, 11) is 0. The molecule has 3 fully saturated rings. The molecule has 0 atom stereocenters. The fourth-order valence-electron chi connectivity index (χ4n) is 2.34. The van der Waals surface area contributed by atoms with Gasteiger partial charge < -0.3 is 5.73 Å². The summed E-state index contributed by atoms with van der Waals surface area (Å²) in [6.07, 6.45) is 2.48. The molecule has 0 amide bonds. The van der Waals surface area contributed by atoms with Crippen molar-refractivity contribution >= 4 is 0 Å². The lowest BCUT2D eigenvalue weighted by Crippen LogP contribution is -2.48. The minimum atomic E-state index is 0.217. The van der Waals surface area contributed by atoms with Gasteiger partial charge in [-0.2, -0.15) is 0 Å². The number of rotatable bonds is 1. The third-order valence-corrected chi connectivity index (χ3v) is 2.91. The molecule has 2 heteroatoms. The van der Waals surface area contributed by atoms with Crippen molar-refractivity contribution in [1.82, 2.24) is 4.90 Å². The standard InChI is InChI=1S/C8H16N2/c1-6(2)10-5-8(9)3-7(10)4-8/h6-7H,3-5,9H2,1-2H3. The number of nitrogens with two attached hydrogens (primary N) is 1. The Balaban J connectivity index is 2.05. The Morgan fingerprint density at radius 1 is 1.50 bits per heavy atom. The second kappa shape index (κ2) is 1.74. The van der Waals surface area contributed by atoms with Crippen LogP contribution < -0.4 is 5.73 Å². The van der Waals surface area contributed by atoms with Crippen molar-refractivity contribution < 1.29 is 0 Å². The van der Waals surface area contributed by atoms with Crippen LogP contribution in [0.3, 0.4) is 0 Å². The lowest BCUT2D eigenvalue weighted by atomic mass is 9.79. The summed E-state index contributed by atoms with van der Waals surface area (Å²) in [6.45, 7) is 5.64. The molecule has 1 saturated carbocycles. The van der Waals surface area contributed by atoms with Crippen molar-refractivity contribution in [3.63, 3.8) is 0 Å². The Morgan fingerprint density at radius 2 is 2.10 bits per heavy atom. The highest BCUT2D eigenvalue weighted by Crippen LogP contribution is 2.43. The predicted molar refractivity (Wildman–Crippen MR) is 41.8 cm³/mol. The van der Waals surface area contributed by atoms with Crippen molar-refractivity contribution in [3.05, 3.63) is 0 Å². The molecule has 2 aliphatic heterocycles. The molecule has 2 bridgehead atoms. The van der Waals surface area contributed by atoms with Gasteiger partial charge in [0, 0.05) is 24.2 Å². The van der Waals surface area contributed by atoms with E-state index in [2.05, 4.69) is 18.7 Å². The van der Waals surface area contributed by atoms with Crippen LogP contribution in [0.5, 0.6) is 0 Å². The van der Waals surface area contributed by atoms with E-state index in [1.54, 1.807) is 0 Å². The molecule has 58 valence electrons. The molecular formula is C8H16N2. The molecule has 2 nitrogen and oxygen atoms in total. The largest absolute Gasteiger partial charge is 0.324 e. The first-order chi connectivity index (χ1) is 4.61. The molecule has 10 heavy (non-hydrogen) atoms. The van der Waals surface area contributed by atoms with Crippen LogP contribution in [0, 0.1) is 0 Å². The number of nitrogens with zero attached hydrogens (tertiary/aromatic N) is 1. The molecule has 0 aromatic heterocycles. The molecule has 0 aromatic carbocycles. The van der Waals surface area contributed by atoms with Crippen molar-refractivity contribution in [2.45, 2.75) is 44.3 Å². The van der Waals surface area contributed by atoms with E-state index in [4.69, 9.17) is 5.73 Å². The maximum atomic E-state index is 6.03. The van der Waals surface area contributed by atoms with E-state index in [1.807, 2.05) is 0 Å². The van der Waals surface area contributed by atoms with Crippen LogP contribution in [0.4, 0.5) is 0 Å². The summed E-state index contributed by atoms with van der Waals surface area (Å²) in [5, 5.41) is 0. The Hall–Kier alpha value is -0.0800. The molecular weight excluding hydrogens is 124 g/mol. The van der Waals surface area contributed by atoms with Crippen molar-refractivity contribution in [3.8, 4) is 0 Å². The van der Waals surface area contributed by atoms with Crippen molar-refractivity contribution in [2.75, 3.05) is 6.54 Å². The van der Waals surface area contributed by atoms with Crippen molar-refractivity contribution in [2.24, 2.45) is 5.73 Å². The van der Waals surface area contributed by atoms with Crippen LogP contribution >= 0.6 is 0 Å². The van der Waals surface area contributed by atoms with Gasteiger partial charge in [0.05, 0.1) is 0 Å². The highest BCUT2D eigenvalue weighted by atomic mass is 15.3. The van der Waals surface area contributed by atoms with Gasteiger partial charge in [0.15, 0.2) is 0 Å². The van der Waals surface area contributed by atoms with Crippen molar-refractivity contribution in [1.29, 1.82) is 0 Å². The van der Waals surface area contributed by atoms with Gasteiger partial charge in [-0.1, -0.05) is 0 Å². The lowest BCUT2D eigenvalue weighted by Gasteiger charge is -2.34. The highest BCUT2D eigenvalue weighted by Gasteiger charge is 2.52. The zero-order valence-electron chi connectivity index (χ0n) is 6.80. The van der Waals surface area contributed by atoms with E-state index in [0.29, 0.717) is 6.04 Å². The van der Waals surface area contributed by atoms with Crippen LogP contribution in [0.1, 0.15) is 26.7 Å². The Kier molecular flexibility index (Phi) is 1.15. The molecule has 2 heterocycles. The number of hydrogen-bond donors (Lipinski definition) is 1. The Labute approximate surface area is 62.4 Å². The zero-order valence-corrected chi connectivity index (χ0v) is 6.80. The minimum absolute atomic E-state index is 0.217. The molecule has 3 rings (SSSR count). The first-order valence-electron chi connectivity index (χ1n) is 4.15. The average molecular weight is 140 g/mol. The molecule has 0 spiro atoms. The van der Waals surface area contributed by atoms with Gasteiger partial charge >= 0.3 is 0 Å². The quantitative estimate of drug-likeness (QED) is 0.577. The average Bonchev–Trinajstić information content (AvgIpc) is 2.17.